The molecule has 2 rings (SSSR count). The summed E-state index contributed by atoms with van der Waals surface area (Å²) in [5, 5.41) is 0.816. The Bertz CT molecular complexity index is 432. The molecule has 1 heterocycles. The second kappa shape index (κ2) is 4.99. The fourth-order valence-electron chi connectivity index (χ4n) is 1.96. The van der Waals surface area contributed by atoms with Gasteiger partial charge < -0.3 is 9.31 Å². The normalized spacial score (nSPS) is 21.9. The first-order valence-electron chi connectivity index (χ1n) is 6.30. The Balaban J connectivity index is 2.26. The number of rotatable bonds is 2. The van der Waals surface area contributed by atoms with Crippen LogP contribution in [0.1, 0.15) is 33.3 Å². The SMILES string of the molecule is CC1(C)COB(c2ccccc2CBr)OC1(C)C. The van der Waals surface area contributed by atoms with Crippen LogP contribution in [-0.2, 0) is 14.6 Å². The van der Waals surface area contributed by atoms with E-state index in [0.717, 1.165) is 10.8 Å². The first kappa shape index (κ1) is 14.1. The maximum Gasteiger partial charge on any atom is 0.494 e. The van der Waals surface area contributed by atoms with Gasteiger partial charge in [0, 0.05) is 17.4 Å². The standard InChI is InChI=1S/C14H20BBrO2/c1-13(2)10-17-15(18-14(13,3)4)12-8-6-5-7-11(12)9-16/h5-8H,9-10H2,1-4H3. The van der Waals surface area contributed by atoms with Crippen LogP contribution in [0, 0.1) is 5.41 Å². The highest BCUT2D eigenvalue weighted by atomic mass is 79.9. The van der Waals surface area contributed by atoms with Crippen LogP contribution in [0.4, 0.5) is 0 Å². The minimum atomic E-state index is -0.262. The van der Waals surface area contributed by atoms with E-state index in [2.05, 4.69) is 55.8 Å². The smallest absolute Gasteiger partial charge is 0.407 e. The zero-order chi connectivity index (χ0) is 13.4. The van der Waals surface area contributed by atoms with Gasteiger partial charge in [-0.1, -0.05) is 54.0 Å². The van der Waals surface area contributed by atoms with Gasteiger partial charge in [-0.2, -0.15) is 0 Å². The lowest BCUT2D eigenvalue weighted by Gasteiger charge is -2.47. The van der Waals surface area contributed by atoms with Crippen LogP contribution in [0.25, 0.3) is 0 Å². The Labute approximate surface area is 118 Å². The van der Waals surface area contributed by atoms with E-state index in [-0.39, 0.29) is 18.1 Å². The minimum absolute atomic E-state index is 0.0207. The van der Waals surface area contributed by atoms with Gasteiger partial charge in [0.1, 0.15) is 0 Å². The highest BCUT2D eigenvalue weighted by Crippen LogP contribution is 2.38. The molecule has 1 aliphatic rings. The maximum atomic E-state index is 6.17. The van der Waals surface area contributed by atoms with E-state index in [1.54, 1.807) is 0 Å². The number of alkyl halides is 1. The van der Waals surface area contributed by atoms with Gasteiger partial charge >= 0.3 is 7.12 Å². The van der Waals surface area contributed by atoms with E-state index in [4.69, 9.17) is 9.31 Å². The molecule has 1 aromatic carbocycles. The summed E-state index contributed by atoms with van der Waals surface area (Å²) in [5.41, 5.74) is 2.17. The second-order valence-electron chi connectivity index (χ2n) is 5.99. The Morgan fingerprint density at radius 3 is 2.50 bits per heavy atom. The molecule has 0 atom stereocenters. The van der Waals surface area contributed by atoms with Crippen molar-refractivity contribution in [2.45, 2.75) is 38.6 Å². The molecule has 0 N–H and O–H groups in total. The maximum absolute atomic E-state index is 6.17. The molecular formula is C14H20BBrO2. The average molecular weight is 311 g/mol. The Hall–Kier alpha value is -0.315. The Morgan fingerprint density at radius 1 is 1.22 bits per heavy atom. The van der Waals surface area contributed by atoms with Gasteiger partial charge in [0.05, 0.1) is 5.60 Å². The van der Waals surface area contributed by atoms with E-state index < -0.39 is 0 Å². The van der Waals surface area contributed by atoms with Crippen molar-refractivity contribution >= 4 is 28.5 Å². The third kappa shape index (κ3) is 2.51. The molecule has 0 aromatic heterocycles. The molecule has 1 aromatic rings. The Morgan fingerprint density at radius 2 is 1.89 bits per heavy atom. The predicted octanol–water partition coefficient (Wildman–Crippen LogP) is 3.13. The quantitative estimate of drug-likeness (QED) is 0.617. The molecule has 0 aliphatic carbocycles. The van der Waals surface area contributed by atoms with E-state index >= 15 is 0 Å². The minimum Gasteiger partial charge on any atom is -0.407 e. The molecule has 0 radical (unpaired) electrons. The summed E-state index contributed by atoms with van der Waals surface area (Å²) in [6.07, 6.45) is 0. The van der Waals surface area contributed by atoms with Crippen LogP contribution >= 0.6 is 15.9 Å². The monoisotopic (exact) mass is 310 g/mol. The number of halogens is 1. The van der Waals surface area contributed by atoms with Gasteiger partial charge in [0.25, 0.3) is 0 Å². The lowest BCUT2D eigenvalue weighted by Crippen LogP contribution is -2.58. The van der Waals surface area contributed by atoms with Gasteiger partial charge in [0.2, 0.25) is 0 Å². The van der Waals surface area contributed by atoms with Crippen molar-refractivity contribution < 1.29 is 9.31 Å². The fourth-order valence-corrected chi connectivity index (χ4v) is 2.47. The van der Waals surface area contributed by atoms with Crippen molar-refractivity contribution in [2.75, 3.05) is 6.61 Å². The van der Waals surface area contributed by atoms with E-state index in [1.807, 2.05) is 12.1 Å². The van der Waals surface area contributed by atoms with Crippen molar-refractivity contribution in [2.24, 2.45) is 5.41 Å². The molecule has 18 heavy (non-hydrogen) atoms. The molecular weight excluding hydrogens is 291 g/mol. The lowest BCUT2D eigenvalue weighted by atomic mass is 9.68. The van der Waals surface area contributed by atoms with Gasteiger partial charge in [-0.05, 0) is 24.9 Å². The molecule has 1 saturated heterocycles. The van der Waals surface area contributed by atoms with Gasteiger partial charge in [0.15, 0.2) is 0 Å². The van der Waals surface area contributed by atoms with Crippen LogP contribution in [-0.4, -0.2) is 19.3 Å². The number of benzene rings is 1. The summed E-state index contributed by atoms with van der Waals surface area (Å²) in [6, 6.07) is 8.25. The van der Waals surface area contributed by atoms with Crippen molar-refractivity contribution in [1.29, 1.82) is 0 Å². The summed E-state index contributed by atoms with van der Waals surface area (Å²) in [5.74, 6) is 0. The first-order chi connectivity index (χ1) is 8.37. The molecule has 4 heteroatoms. The van der Waals surface area contributed by atoms with Crippen molar-refractivity contribution in [3.63, 3.8) is 0 Å². The highest BCUT2D eigenvalue weighted by molar-refractivity contribution is 9.08. The fraction of sp³-hybridized carbons (Fsp3) is 0.571. The number of hydrogen-bond donors (Lipinski definition) is 0. The van der Waals surface area contributed by atoms with E-state index in [0.29, 0.717) is 6.61 Å². The molecule has 0 amide bonds. The third-order valence-electron chi connectivity index (χ3n) is 4.08. The van der Waals surface area contributed by atoms with Crippen LogP contribution in [0.15, 0.2) is 24.3 Å². The van der Waals surface area contributed by atoms with Crippen molar-refractivity contribution in [3.8, 4) is 0 Å². The number of hydrogen-bond acceptors (Lipinski definition) is 2. The molecule has 1 fully saturated rings. The second-order valence-corrected chi connectivity index (χ2v) is 6.55. The summed E-state index contributed by atoms with van der Waals surface area (Å²) < 4.78 is 12.1. The molecule has 0 saturated carbocycles. The summed E-state index contributed by atoms with van der Waals surface area (Å²) in [6.45, 7) is 9.35. The van der Waals surface area contributed by atoms with Gasteiger partial charge in [-0.15, -0.1) is 0 Å². The first-order valence-corrected chi connectivity index (χ1v) is 7.43. The molecule has 2 nitrogen and oxygen atoms in total. The summed E-state index contributed by atoms with van der Waals surface area (Å²) >= 11 is 3.51. The van der Waals surface area contributed by atoms with Crippen LogP contribution in [0.2, 0.25) is 0 Å². The van der Waals surface area contributed by atoms with Gasteiger partial charge in [-0.25, -0.2) is 0 Å². The predicted molar refractivity (Wildman–Crippen MR) is 79.4 cm³/mol. The van der Waals surface area contributed by atoms with Crippen LogP contribution < -0.4 is 5.46 Å². The van der Waals surface area contributed by atoms with Crippen molar-refractivity contribution in [1.82, 2.24) is 0 Å². The summed E-state index contributed by atoms with van der Waals surface area (Å²) in [7, 11) is -0.262. The molecule has 1 aliphatic heterocycles. The van der Waals surface area contributed by atoms with E-state index in [1.165, 1.54) is 5.56 Å². The molecule has 0 unspecified atom stereocenters. The largest absolute Gasteiger partial charge is 0.494 e. The topological polar surface area (TPSA) is 18.5 Å². The lowest BCUT2D eigenvalue weighted by molar-refractivity contribution is -0.0937. The highest BCUT2D eigenvalue weighted by Gasteiger charge is 2.47. The van der Waals surface area contributed by atoms with E-state index in [9.17, 15) is 0 Å². The summed E-state index contributed by atoms with van der Waals surface area (Å²) in [4.78, 5) is 0. The molecule has 98 valence electrons. The molecule has 0 bridgehead atoms. The molecule has 0 spiro atoms. The van der Waals surface area contributed by atoms with Crippen molar-refractivity contribution in [3.05, 3.63) is 29.8 Å². The van der Waals surface area contributed by atoms with Gasteiger partial charge in [-0.3, -0.25) is 0 Å². The van der Waals surface area contributed by atoms with Crippen LogP contribution in [0.3, 0.4) is 0 Å². The average Bonchev–Trinajstić information content (AvgIpc) is 2.33. The zero-order valence-corrected chi connectivity index (χ0v) is 13.1. The zero-order valence-electron chi connectivity index (χ0n) is 11.5. The third-order valence-corrected chi connectivity index (χ3v) is 4.68. The Kier molecular flexibility index (Phi) is 3.91. The van der Waals surface area contributed by atoms with Crippen LogP contribution in [0.5, 0.6) is 0 Å².